The van der Waals surface area contributed by atoms with Crippen LogP contribution in [0.25, 0.3) is 0 Å². The number of hydrogen-bond donors (Lipinski definition) is 2. The highest BCUT2D eigenvalue weighted by molar-refractivity contribution is 7.98. The van der Waals surface area contributed by atoms with Crippen molar-refractivity contribution in [1.82, 2.24) is 15.5 Å². The Bertz CT molecular complexity index is 202. The largest absolute Gasteiger partial charge is 0.336 e. The second-order valence-electron chi connectivity index (χ2n) is 4.02. The molecule has 0 aromatic rings. The lowest BCUT2D eigenvalue weighted by atomic mass is 10.2. The van der Waals surface area contributed by atoms with Gasteiger partial charge in [0.25, 0.3) is 0 Å². The molecule has 4 nitrogen and oxygen atoms in total. The van der Waals surface area contributed by atoms with Gasteiger partial charge in [-0.3, -0.25) is 0 Å². The van der Waals surface area contributed by atoms with Crippen molar-refractivity contribution >= 4 is 17.8 Å². The van der Waals surface area contributed by atoms with Crippen LogP contribution < -0.4 is 10.6 Å². The Morgan fingerprint density at radius 2 is 2.25 bits per heavy atom. The summed E-state index contributed by atoms with van der Waals surface area (Å²) >= 11 is 1.92. The summed E-state index contributed by atoms with van der Waals surface area (Å²) in [7, 11) is 0. The Balaban J connectivity index is 1.83. The van der Waals surface area contributed by atoms with E-state index in [1.165, 1.54) is 25.0 Å². The van der Waals surface area contributed by atoms with Gasteiger partial charge in [0, 0.05) is 26.2 Å². The van der Waals surface area contributed by atoms with E-state index in [0.29, 0.717) is 0 Å². The van der Waals surface area contributed by atoms with Crippen LogP contribution in [0.4, 0.5) is 4.79 Å². The van der Waals surface area contributed by atoms with Gasteiger partial charge in [-0.25, -0.2) is 4.79 Å². The third-order valence-electron chi connectivity index (χ3n) is 2.71. The Morgan fingerprint density at radius 1 is 1.38 bits per heavy atom. The third kappa shape index (κ3) is 5.61. The minimum absolute atomic E-state index is 0.0850. The Kier molecular flexibility index (Phi) is 7.42. The van der Waals surface area contributed by atoms with Crippen LogP contribution in [0, 0.1) is 0 Å². The van der Waals surface area contributed by atoms with Gasteiger partial charge in [0.05, 0.1) is 0 Å². The molecule has 5 heteroatoms. The number of unbranched alkanes of at least 4 members (excludes halogenated alkanes) is 2. The van der Waals surface area contributed by atoms with Gasteiger partial charge in [0.1, 0.15) is 0 Å². The maximum atomic E-state index is 11.2. The second-order valence-corrected chi connectivity index (χ2v) is 5.01. The molecule has 0 spiro atoms. The van der Waals surface area contributed by atoms with E-state index in [0.717, 1.165) is 32.7 Å². The molecule has 1 aliphatic heterocycles. The van der Waals surface area contributed by atoms with Gasteiger partial charge >= 0.3 is 6.03 Å². The van der Waals surface area contributed by atoms with Crippen molar-refractivity contribution in [3.05, 3.63) is 0 Å². The van der Waals surface area contributed by atoms with Gasteiger partial charge in [-0.05, 0) is 31.4 Å². The van der Waals surface area contributed by atoms with Gasteiger partial charge in [-0.1, -0.05) is 6.42 Å². The van der Waals surface area contributed by atoms with Crippen molar-refractivity contribution in [3.63, 3.8) is 0 Å². The van der Waals surface area contributed by atoms with Crippen LogP contribution in [0.5, 0.6) is 0 Å². The topological polar surface area (TPSA) is 44.4 Å². The quantitative estimate of drug-likeness (QED) is 0.599. The zero-order valence-electron chi connectivity index (χ0n) is 10.1. The fraction of sp³-hybridized carbons (Fsp3) is 0.909. The number of carbonyl (C=O) groups is 1. The van der Waals surface area contributed by atoms with Crippen LogP contribution >= 0.6 is 11.8 Å². The molecular formula is C11H23N3OS. The zero-order chi connectivity index (χ0) is 11.6. The SMILES string of the molecule is CSCCCCCNCCN1CCNC1=O. The normalized spacial score (nSPS) is 15.6. The van der Waals surface area contributed by atoms with E-state index in [2.05, 4.69) is 16.9 Å². The van der Waals surface area contributed by atoms with Crippen LogP contribution in [-0.4, -0.2) is 55.7 Å². The Morgan fingerprint density at radius 3 is 2.94 bits per heavy atom. The Hall–Kier alpha value is -0.420. The van der Waals surface area contributed by atoms with E-state index in [4.69, 9.17) is 0 Å². The summed E-state index contributed by atoms with van der Waals surface area (Å²) in [4.78, 5) is 13.1. The molecule has 1 saturated heterocycles. The van der Waals surface area contributed by atoms with Gasteiger partial charge < -0.3 is 15.5 Å². The fourth-order valence-corrected chi connectivity index (χ4v) is 2.23. The van der Waals surface area contributed by atoms with Crippen molar-refractivity contribution in [2.75, 3.05) is 44.7 Å². The molecule has 1 fully saturated rings. The second kappa shape index (κ2) is 8.70. The van der Waals surface area contributed by atoms with Crippen molar-refractivity contribution < 1.29 is 4.79 Å². The van der Waals surface area contributed by atoms with E-state index < -0.39 is 0 Å². The summed E-state index contributed by atoms with van der Waals surface area (Å²) in [6.07, 6.45) is 6.02. The maximum Gasteiger partial charge on any atom is 0.317 e. The maximum absolute atomic E-state index is 11.2. The summed E-state index contributed by atoms with van der Waals surface area (Å²) in [5.74, 6) is 1.27. The Labute approximate surface area is 103 Å². The molecule has 2 amide bonds. The summed E-state index contributed by atoms with van der Waals surface area (Å²) in [5, 5.41) is 6.18. The van der Waals surface area contributed by atoms with Crippen molar-refractivity contribution in [3.8, 4) is 0 Å². The van der Waals surface area contributed by atoms with E-state index in [9.17, 15) is 4.79 Å². The minimum Gasteiger partial charge on any atom is -0.336 e. The molecule has 1 rings (SSSR count). The summed E-state index contributed by atoms with van der Waals surface area (Å²) in [6, 6.07) is 0.0850. The van der Waals surface area contributed by atoms with Crippen LogP contribution in [0.2, 0.25) is 0 Å². The van der Waals surface area contributed by atoms with Crippen LogP contribution in [0.3, 0.4) is 0 Å². The molecule has 0 radical (unpaired) electrons. The number of amides is 2. The predicted molar refractivity (Wildman–Crippen MR) is 70.1 cm³/mol. The molecule has 1 aliphatic rings. The first-order chi connectivity index (χ1) is 7.84. The number of thioether (sulfide) groups is 1. The molecule has 0 aromatic heterocycles. The number of rotatable bonds is 9. The number of hydrogen-bond acceptors (Lipinski definition) is 3. The van der Waals surface area contributed by atoms with Gasteiger partial charge in [0.2, 0.25) is 0 Å². The molecule has 0 aliphatic carbocycles. The van der Waals surface area contributed by atoms with Crippen LogP contribution in [0.1, 0.15) is 19.3 Å². The molecule has 2 N–H and O–H groups in total. The zero-order valence-corrected chi connectivity index (χ0v) is 10.9. The number of carbonyl (C=O) groups excluding carboxylic acids is 1. The average Bonchev–Trinajstić information content (AvgIpc) is 2.68. The third-order valence-corrected chi connectivity index (χ3v) is 3.40. The van der Waals surface area contributed by atoms with E-state index in [1.54, 1.807) is 0 Å². The van der Waals surface area contributed by atoms with Gasteiger partial charge in [-0.15, -0.1) is 0 Å². The molecule has 94 valence electrons. The molecule has 1 heterocycles. The highest BCUT2D eigenvalue weighted by atomic mass is 32.2. The first-order valence-electron chi connectivity index (χ1n) is 6.07. The van der Waals surface area contributed by atoms with Crippen molar-refractivity contribution in [2.45, 2.75) is 19.3 Å². The number of nitrogens with one attached hydrogen (secondary N) is 2. The summed E-state index contributed by atoms with van der Waals surface area (Å²) < 4.78 is 0. The fourth-order valence-electron chi connectivity index (χ4n) is 1.74. The van der Waals surface area contributed by atoms with Crippen molar-refractivity contribution in [2.24, 2.45) is 0 Å². The average molecular weight is 245 g/mol. The summed E-state index contributed by atoms with van der Waals surface area (Å²) in [6.45, 7) is 4.47. The monoisotopic (exact) mass is 245 g/mol. The molecule has 0 atom stereocenters. The smallest absolute Gasteiger partial charge is 0.317 e. The lowest BCUT2D eigenvalue weighted by molar-refractivity contribution is 0.217. The van der Waals surface area contributed by atoms with Crippen LogP contribution in [0.15, 0.2) is 0 Å². The van der Waals surface area contributed by atoms with Crippen LogP contribution in [-0.2, 0) is 0 Å². The first-order valence-corrected chi connectivity index (χ1v) is 7.46. The van der Waals surface area contributed by atoms with Crippen molar-refractivity contribution in [1.29, 1.82) is 0 Å². The molecule has 0 aromatic carbocycles. The van der Waals surface area contributed by atoms with E-state index in [-0.39, 0.29) is 6.03 Å². The minimum atomic E-state index is 0.0850. The lowest BCUT2D eigenvalue weighted by Gasteiger charge is -2.14. The molecule has 0 unspecified atom stereocenters. The molecule has 0 bridgehead atoms. The molecule has 16 heavy (non-hydrogen) atoms. The highest BCUT2D eigenvalue weighted by Crippen LogP contribution is 2.01. The number of urea groups is 1. The highest BCUT2D eigenvalue weighted by Gasteiger charge is 2.17. The van der Waals surface area contributed by atoms with E-state index in [1.807, 2.05) is 16.7 Å². The van der Waals surface area contributed by atoms with Gasteiger partial charge in [-0.2, -0.15) is 11.8 Å². The summed E-state index contributed by atoms with van der Waals surface area (Å²) in [5.41, 5.74) is 0. The van der Waals surface area contributed by atoms with E-state index >= 15 is 0 Å². The standard InChI is InChI=1S/C11H23N3OS/c1-16-10-4-2-3-5-12-6-8-14-9-7-13-11(14)15/h12H,2-10H2,1H3,(H,13,15). The molecule has 0 saturated carbocycles. The predicted octanol–water partition coefficient (Wildman–Crippen LogP) is 1.13. The number of nitrogens with zero attached hydrogens (tertiary/aromatic N) is 1. The lowest BCUT2D eigenvalue weighted by Crippen LogP contribution is -2.34. The van der Waals surface area contributed by atoms with Gasteiger partial charge in [0.15, 0.2) is 0 Å². The molecular weight excluding hydrogens is 222 g/mol. The first kappa shape index (κ1) is 13.6.